The van der Waals surface area contributed by atoms with E-state index in [0.29, 0.717) is 0 Å². The van der Waals surface area contributed by atoms with Crippen LogP contribution in [0.2, 0.25) is 0 Å². The third kappa shape index (κ3) is 7.90. The molecule has 1 nitrogen and oxygen atoms in total. The fraction of sp³-hybridized carbons (Fsp3) is 0.778. The Morgan fingerprint density at radius 3 is 1.75 bits per heavy atom. The van der Waals surface area contributed by atoms with Crippen molar-refractivity contribution in [3.63, 3.8) is 0 Å². The Morgan fingerprint density at radius 2 is 1.25 bits per heavy atom. The molecular weight excluding hydrogens is 338 g/mol. The van der Waals surface area contributed by atoms with Crippen molar-refractivity contribution in [1.29, 1.82) is 0 Å². The van der Waals surface area contributed by atoms with Crippen LogP contribution in [0.4, 0.5) is 0 Å². The van der Waals surface area contributed by atoms with E-state index in [9.17, 15) is 0 Å². The largest absolute Gasteiger partial charge is 0.307 e. The van der Waals surface area contributed by atoms with E-state index in [1.165, 1.54) is 82.6 Å². The molecule has 0 atom stereocenters. The Kier molecular flexibility index (Phi) is 13.6. The molecule has 0 aliphatic rings. The molecule has 0 saturated heterocycles. The van der Waals surface area contributed by atoms with Gasteiger partial charge < -0.3 is 5.32 Å². The van der Waals surface area contributed by atoms with Crippen LogP contribution in [0.1, 0.15) is 128 Å². The lowest BCUT2D eigenvalue weighted by molar-refractivity contribution is 0.302. The van der Waals surface area contributed by atoms with Crippen LogP contribution in [0.5, 0.6) is 0 Å². The second-order valence-corrected chi connectivity index (χ2v) is 8.55. The summed E-state index contributed by atoms with van der Waals surface area (Å²) in [6.45, 7) is 12.8. The predicted molar refractivity (Wildman–Crippen MR) is 127 cm³/mol. The van der Waals surface area contributed by atoms with Gasteiger partial charge in [-0.05, 0) is 55.3 Å². The number of rotatable bonds is 17. The van der Waals surface area contributed by atoms with Crippen molar-refractivity contribution in [2.75, 3.05) is 6.54 Å². The fourth-order valence-corrected chi connectivity index (χ4v) is 4.75. The van der Waals surface area contributed by atoms with Crippen molar-refractivity contribution in [2.45, 2.75) is 130 Å². The summed E-state index contributed by atoms with van der Waals surface area (Å²) in [6.07, 6.45) is 18.7. The maximum atomic E-state index is 4.00. The first kappa shape index (κ1) is 25.2. The predicted octanol–water partition coefficient (Wildman–Crippen LogP) is 8.34. The monoisotopic (exact) mass is 387 g/mol. The molecule has 0 aliphatic carbocycles. The van der Waals surface area contributed by atoms with Gasteiger partial charge in [0.05, 0.1) is 0 Å². The average molecular weight is 388 g/mol. The van der Waals surface area contributed by atoms with Crippen LogP contribution < -0.4 is 5.32 Å². The van der Waals surface area contributed by atoms with Crippen molar-refractivity contribution < 1.29 is 0 Å². The number of hydrogen-bond acceptors (Lipinski definition) is 1. The zero-order chi connectivity index (χ0) is 20.7. The number of aryl methyl sites for hydroxylation is 1. The lowest BCUT2D eigenvalue weighted by Crippen LogP contribution is -2.42. The summed E-state index contributed by atoms with van der Waals surface area (Å²) >= 11 is 0. The molecule has 1 N–H and O–H groups in total. The summed E-state index contributed by atoms with van der Waals surface area (Å²) < 4.78 is 0. The molecule has 162 valence electrons. The van der Waals surface area contributed by atoms with Gasteiger partial charge in [-0.1, -0.05) is 111 Å². The third-order valence-electron chi connectivity index (χ3n) is 6.72. The Labute approximate surface area is 177 Å². The molecule has 0 radical (unpaired) electrons. The van der Waals surface area contributed by atoms with Gasteiger partial charge in [0.2, 0.25) is 0 Å². The molecule has 0 spiro atoms. The maximum Gasteiger partial charge on any atom is 0.0432 e. The van der Waals surface area contributed by atoms with E-state index in [4.69, 9.17) is 0 Å². The minimum absolute atomic E-state index is 0.149. The van der Waals surface area contributed by atoms with Gasteiger partial charge in [-0.25, -0.2) is 0 Å². The maximum absolute atomic E-state index is 4.00. The van der Waals surface area contributed by atoms with Crippen LogP contribution in [0.15, 0.2) is 18.2 Å². The highest BCUT2D eigenvalue weighted by Crippen LogP contribution is 2.33. The molecule has 1 heteroatoms. The van der Waals surface area contributed by atoms with Crippen molar-refractivity contribution >= 4 is 0 Å². The van der Waals surface area contributed by atoms with E-state index in [1.807, 2.05) is 0 Å². The molecule has 0 saturated carbocycles. The van der Waals surface area contributed by atoms with Gasteiger partial charge >= 0.3 is 0 Å². The summed E-state index contributed by atoms with van der Waals surface area (Å²) in [5, 5.41) is 4.00. The Hall–Kier alpha value is -0.820. The highest BCUT2D eigenvalue weighted by Gasteiger charge is 2.30. The molecule has 1 aromatic carbocycles. The first-order chi connectivity index (χ1) is 13.7. The van der Waals surface area contributed by atoms with Crippen LogP contribution in [0, 0.1) is 0 Å². The van der Waals surface area contributed by atoms with Crippen LogP contribution in [0.3, 0.4) is 0 Å². The number of hydrogen-bond donors (Lipinski definition) is 1. The summed E-state index contributed by atoms with van der Waals surface area (Å²) in [7, 11) is 0. The van der Waals surface area contributed by atoms with Gasteiger partial charge in [0.15, 0.2) is 0 Å². The molecule has 0 bridgehead atoms. The van der Waals surface area contributed by atoms with E-state index in [0.717, 1.165) is 19.4 Å². The number of nitrogens with one attached hydrogen (secondary N) is 1. The summed E-state index contributed by atoms with van der Waals surface area (Å²) in [5.74, 6) is 0. The lowest BCUT2D eigenvalue weighted by Gasteiger charge is -2.36. The quantitative estimate of drug-likeness (QED) is 0.265. The van der Waals surface area contributed by atoms with Crippen molar-refractivity contribution in [2.24, 2.45) is 0 Å². The second-order valence-electron chi connectivity index (χ2n) is 8.55. The molecule has 0 unspecified atom stereocenters. The van der Waals surface area contributed by atoms with Gasteiger partial charge in [0.1, 0.15) is 0 Å². The highest BCUT2D eigenvalue weighted by molar-refractivity contribution is 5.40. The van der Waals surface area contributed by atoms with E-state index < -0.39 is 0 Å². The van der Waals surface area contributed by atoms with Crippen LogP contribution in [0.25, 0.3) is 0 Å². The standard InChI is InChI=1S/C27H49N/c1-6-11-12-13-14-15-16-17-18-19-23-28-27(9-4,10-5)26-22-20-21-24(7-2)25(26)8-3/h20-22,28H,6-19,23H2,1-5H3. The van der Waals surface area contributed by atoms with Crippen LogP contribution in [-0.2, 0) is 18.4 Å². The van der Waals surface area contributed by atoms with Crippen LogP contribution in [-0.4, -0.2) is 6.54 Å². The molecule has 1 aromatic rings. The van der Waals surface area contributed by atoms with Crippen molar-refractivity contribution in [1.82, 2.24) is 5.32 Å². The molecule has 1 rings (SSSR count). The molecule has 0 amide bonds. The number of benzene rings is 1. The Morgan fingerprint density at radius 1 is 0.679 bits per heavy atom. The first-order valence-corrected chi connectivity index (χ1v) is 12.5. The minimum atomic E-state index is 0.149. The third-order valence-corrected chi connectivity index (χ3v) is 6.72. The van der Waals surface area contributed by atoms with Crippen molar-refractivity contribution in [3.8, 4) is 0 Å². The molecule has 28 heavy (non-hydrogen) atoms. The van der Waals surface area contributed by atoms with Gasteiger partial charge in [-0.3, -0.25) is 0 Å². The Bertz CT molecular complexity index is 501. The normalized spacial score (nSPS) is 11.9. The summed E-state index contributed by atoms with van der Waals surface area (Å²) in [6, 6.07) is 6.98. The molecule has 0 fully saturated rings. The highest BCUT2D eigenvalue weighted by atomic mass is 15.0. The van der Waals surface area contributed by atoms with E-state index in [2.05, 4.69) is 58.1 Å². The van der Waals surface area contributed by atoms with E-state index in [-0.39, 0.29) is 5.54 Å². The second kappa shape index (κ2) is 15.1. The fourth-order valence-electron chi connectivity index (χ4n) is 4.75. The topological polar surface area (TPSA) is 12.0 Å². The van der Waals surface area contributed by atoms with Crippen LogP contribution >= 0.6 is 0 Å². The van der Waals surface area contributed by atoms with Gasteiger partial charge in [0.25, 0.3) is 0 Å². The lowest BCUT2D eigenvalue weighted by atomic mass is 9.79. The van der Waals surface area contributed by atoms with E-state index in [1.54, 1.807) is 11.1 Å². The minimum Gasteiger partial charge on any atom is -0.307 e. The Balaban J connectivity index is 2.45. The number of unbranched alkanes of at least 4 members (excludes halogenated alkanes) is 9. The molecular formula is C27H49N. The zero-order valence-corrected chi connectivity index (χ0v) is 19.8. The summed E-state index contributed by atoms with van der Waals surface area (Å²) in [4.78, 5) is 0. The zero-order valence-electron chi connectivity index (χ0n) is 19.8. The van der Waals surface area contributed by atoms with Crippen molar-refractivity contribution in [3.05, 3.63) is 34.9 Å². The molecule has 0 aliphatic heterocycles. The average Bonchev–Trinajstić information content (AvgIpc) is 2.74. The molecule has 0 heterocycles. The van der Waals surface area contributed by atoms with Gasteiger partial charge in [0, 0.05) is 5.54 Å². The van der Waals surface area contributed by atoms with E-state index >= 15 is 0 Å². The first-order valence-electron chi connectivity index (χ1n) is 12.5. The molecule has 0 aromatic heterocycles. The smallest absolute Gasteiger partial charge is 0.0432 e. The summed E-state index contributed by atoms with van der Waals surface area (Å²) in [5.41, 5.74) is 4.83. The van der Waals surface area contributed by atoms with Gasteiger partial charge in [-0.2, -0.15) is 0 Å². The van der Waals surface area contributed by atoms with Gasteiger partial charge in [-0.15, -0.1) is 0 Å². The SMILES string of the molecule is CCCCCCCCCCCCNC(CC)(CC)c1cccc(CC)c1CC.